The van der Waals surface area contributed by atoms with Crippen molar-refractivity contribution in [2.45, 2.75) is 6.54 Å². The standard InChI is InChI=1S/C12H9ClFN5O/c13-9-5-7(1-3-10(9)14)11-4-2-8(20-11)6-15-12-16-18-19-17-12/h1-5H,6H2,(H2,15,16,17,18,19). The zero-order valence-corrected chi connectivity index (χ0v) is 10.9. The number of tetrazole rings is 1. The van der Waals surface area contributed by atoms with Crippen LogP contribution in [0.3, 0.4) is 0 Å². The minimum atomic E-state index is -0.457. The van der Waals surface area contributed by atoms with Gasteiger partial charge in [-0.25, -0.2) is 4.39 Å². The van der Waals surface area contributed by atoms with Crippen molar-refractivity contribution in [1.29, 1.82) is 0 Å². The predicted octanol–water partition coefficient (Wildman–Crippen LogP) is 2.86. The number of aromatic nitrogens is 4. The van der Waals surface area contributed by atoms with Crippen LogP contribution in [0.1, 0.15) is 5.76 Å². The number of benzene rings is 1. The van der Waals surface area contributed by atoms with Gasteiger partial charge in [-0.1, -0.05) is 16.7 Å². The fourth-order valence-electron chi connectivity index (χ4n) is 1.68. The third-order valence-corrected chi connectivity index (χ3v) is 2.92. The monoisotopic (exact) mass is 293 g/mol. The summed E-state index contributed by atoms with van der Waals surface area (Å²) in [6.07, 6.45) is 0. The van der Waals surface area contributed by atoms with Crippen molar-refractivity contribution < 1.29 is 8.81 Å². The molecule has 0 aliphatic rings. The fraction of sp³-hybridized carbons (Fsp3) is 0.0833. The lowest BCUT2D eigenvalue weighted by Crippen LogP contribution is -1.99. The summed E-state index contributed by atoms with van der Waals surface area (Å²) in [5, 5.41) is 16.3. The fourth-order valence-corrected chi connectivity index (χ4v) is 1.86. The molecule has 102 valence electrons. The number of aromatic amines is 1. The lowest BCUT2D eigenvalue weighted by Gasteiger charge is -2.00. The first kappa shape index (κ1) is 12.6. The minimum absolute atomic E-state index is 0.0605. The van der Waals surface area contributed by atoms with Gasteiger partial charge in [-0.2, -0.15) is 5.21 Å². The number of hydrogen-bond donors (Lipinski definition) is 2. The van der Waals surface area contributed by atoms with Crippen molar-refractivity contribution in [3.63, 3.8) is 0 Å². The maximum atomic E-state index is 13.1. The highest BCUT2D eigenvalue weighted by atomic mass is 35.5. The summed E-state index contributed by atoms with van der Waals surface area (Å²) in [7, 11) is 0. The van der Waals surface area contributed by atoms with Gasteiger partial charge >= 0.3 is 0 Å². The number of anilines is 1. The smallest absolute Gasteiger partial charge is 0.263 e. The molecule has 0 radical (unpaired) electrons. The van der Waals surface area contributed by atoms with Crippen LogP contribution < -0.4 is 5.32 Å². The van der Waals surface area contributed by atoms with Crippen LogP contribution >= 0.6 is 11.6 Å². The van der Waals surface area contributed by atoms with Crippen LogP contribution in [0, 0.1) is 5.82 Å². The van der Waals surface area contributed by atoms with E-state index in [-0.39, 0.29) is 5.02 Å². The Labute approximate surface area is 117 Å². The van der Waals surface area contributed by atoms with E-state index in [9.17, 15) is 4.39 Å². The lowest BCUT2D eigenvalue weighted by atomic mass is 10.2. The number of rotatable bonds is 4. The van der Waals surface area contributed by atoms with Gasteiger partial charge in [0.2, 0.25) is 0 Å². The Hall–Kier alpha value is -2.41. The van der Waals surface area contributed by atoms with Gasteiger partial charge in [0.05, 0.1) is 11.6 Å². The van der Waals surface area contributed by atoms with Crippen molar-refractivity contribution in [2.24, 2.45) is 0 Å². The molecule has 1 aromatic carbocycles. The highest BCUT2D eigenvalue weighted by Crippen LogP contribution is 2.26. The number of nitrogens with zero attached hydrogens (tertiary/aromatic N) is 3. The minimum Gasteiger partial charge on any atom is -0.459 e. The second-order valence-electron chi connectivity index (χ2n) is 3.98. The number of halogens is 2. The van der Waals surface area contributed by atoms with Crippen molar-refractivity contribution in [3.05, 3.63) is 46.9 Å². The van der Waals surface area contributed by atoms with E-state index in [1.54, 1.807) is 18.2 Å². The number of hydrogen-bond acceptors (Lipinski definition) is 5. The Morgan fingerprint density at radius 2 is 2.20 bits per heavy atom. The molecule has 0 spiro atoms. The second kappa shape index (κ2) is 5.30. The van der Waals surface area contributed by atoms with Crippen LogP contribution in [0.25, 0.3) is 11.3 Å². The highest BCUT2D eigenvalue weighted by molar-refractivity contribution is 6.31. The van der Waals surface area contributed by atoms with Gasteiger partial charge < -0.3 is 9.73 Å². The van der Waals surface area contributed by atoms with Gasteiger partial charge in [0.15, 0.2) is 0 Å². The van der Waals surface area contributed by atoms with E-state index in [1.165, 1.54) is 12.1 Å². The molecule has 0 aliphatic carbocycles. The van der Waals surface area contributed by atoms with E-state index in [1.807, 2.05) is 0 Å². The summed E-state index contributed by atoms with van der Waals surface area (Å²) < 4.78 is 18.7. The molecular weight excluding hydrogens is 285 g/mol. The lowest BCUT2D eigenvalue weighted by molar-refractivity contribution is 0.530. The number of H-pyrrole nitrogens is 1. The Kier molecular flexibility index (Phi) is 3.34. The van der Waals surface area contributed by atoms with E-state index >= 15 is 0 Å². The second-order valence-corrected chi connectivity index (χ2v) is 4.39. The Bertz CT molecular complexity index is 712. The van der Waals surface area contributed by atoms with Crippen LogP contribution in [0.5, 0.6) is 0 Å². The van der Waals surface area contributed by atoms with Gasteiger partial charge in [0.1, 0.15) is 17.3 Å². The molecule has 3 aromatic rings. The van der Waals surface area contributed by atoms with E-state index < -0.39 is 5.82 Å². The van der Waals surface area contributed by atoms with Crippen LogP contribution in [-0.2, 0) is 6.54 Å². The molecule has 0 saturated heterocycles. The van der Waals surface area contributed by atoms with Gasteiger partial charge in [-0.3, -0.25) is 0 Å². The largest absolute Gasteiger partial charge is 0.459 e. The van der Waals surface area contributed by atoms with Gasteiger partial charge in [-0.15, -0.1) is 5.10 Å². The van der Waals surface area contributed by atoms with Crippen molar-refractivity contribution >= 4 is 17.5 Å². The molecule has 8 heteroatoms. The zero-order chi connectivity index (χ0) is 13.9. The molecule has 0 aliphatic heterocycles. The predicted molar refractivity (Wildman–Crippen MR) is 70.6 cm³/mol. The van der Waals surface area contributed by atoms with Gasteiger partial charge in [-0.05, 0) is 35.5 Å². The average Bonchev–Trinajstić information content (AvgIpc) is 3.10. The van der Waals surface area contributed by atoms with Crippen molar-refractivity contribution in [3.8, 4) is 11.3 Å². The van der Waals surface area contributed by atoms with Gasteiger partial charge in [0.25, 0.3) is 5.95 Å². The average molecular weight is 294 g/mol. The quantitative estimate of drug-likeness (QED) is 0.773. The molecule has 3 rings (SSSR count). The Morgan fingerprint density at radius 1 is 1.30 bits per heavy atom. The summed E-state index contributed by atoms with van der Waals surface area (Å²) in [5.41, 5.74) is 0.710. The third-order valence-electron chi connectivity index (χ3n) is 2.63. The Morgan fingerprint density at radius 3 is 2.95 bits per heavy atom. The number of nitrogens with one attached hydrogen (secondary N) is 2. The third kappa shape index (κ3) is 2.62. The molecule has 0 bridgehead atoms. The van der Waals surface area contributed by atoms with Gasteiger partial charge in [0, 0.05) is 5.56 Å². The summed E-state index contributed by atoms with van der Waals surface area (Å²) in [6, 6.07) is 8.02. The molecule has 0 fully saturated rings. The summed E-state index contributed by atoms with van der Waals surface area (Å²) in [5.74, 6) is 1.22. The van der Waals surface area contributed by atoms with Crippen LogP contribution in [0.15, 0.2) is 34.7 Å². The van der Waals surface area contributed by atoms with Crippen molar-refractivity contribution in [1.82, 2.24) is 20.6 Å². The van der Waals surface area contributed by atoms with Crippen molar-refractivity contribution in [2.75, 3.05) is 5.32 Å². The molecular formula is C12H9ClFN5O. The molecule has 6 nitrogen and oxygen atoms in total. The maximum Gasteiger partial charge on any atom is 0.263 e. The van der Waals surface area contributed by atoms with E-state index in [0.29, 0.717) is 29.6 Å². The zero-order valence-electron chi connectivity index (χ0n) is 10.1. The number of furan rings is 1. The topological polar surface area (TPSA) is 79.6 Å². The SMILES string of the molecule is Fc1ccc(-c2ccc(CNc3nn[nH]n3)o2)cc1Cl. The molecule has 0 saturated carbocycles. The Balaban J connectivity index is 1.74. The molecule has 0 unspecified atom stereocenters. The first-order valence-electron chi connectivity index (χ1n) is 5.74. The van der Waals surface area contributed by atoms with E-state index in [4.69, 9.17) is 16.0 Å². The van der Waals surface area contributed by atoms with E-state index in [2.05, 4.69) is 25.9 Å². The summed E-state index contributed by atoms with van der Waals surface area (Å²) in [4.78, 5) is 0. The molecule has 2 N–H and O–H groups in total. The maximum absolute atomic E-state index is 13.1. The summed E-state index contributed by atoms with van der Waals surface area (Å²) in [6.45, 7) is 0.411. The molecule has 2 heterocycles. The molecule has 0 atom stereocenters. The normalized spacial score (nSPS) is 10.7. The van der Waals surface area contributed by atoms with E-state index in [0.717, 1.165) is 0 Å². The first-order valence-corrected chi connectivity index (χ1v) is 6.11. The molecule has 2 aromatic heterocycles. The molecule has 0 amide bonds. The van der Waals surface area contributed by atoms with Crippen LogP contribution in [-0.4, -0.2) is 20.6 Å². The summed E-state index contributed by atoms with van der Waals surface area (Å²) >= 11 is 5.74. The van der Waals surface area contributed by atoms with Crippen LogP contribution in [0.4, 0.5) is 10.3 Å². The highest BCUT2D eigenvalue weighted by Gasteiger charge is 2.08. The molecule has 20 heavy (non-hydrogen) atoms. The first-order chi connectivity index (χ1) is 9.72. The van der Waals surface area contributed by atoms with Crippen LogP contribution in [0.2, 0.25) is 5.02 Å².